The molecule has 0 bridgehead atoms. The van der Waals surface area contributed by atoms with Gasteiger partial charge in [0.25, 0.3) is 0 Å². The molecule has 0 radical (unpaired) electrons. The third-order valence-electron chi connectivity index (χ3n) is 3.20. The Balaban J connectivity index is 2.46. The van der Waals surface area contributed by atoms with Crippen molar-refractivity contribution < 1.29 is 24.6 Å². The van der Waals surface area contributed by atoms with Crippen molar-refractivity contribution in [1.82, 2.24) is 10.2 Å². The molecule has 0 saturated heterocycles. The predicted octanol–water partition coefficient (Wildman–Crippen LogP) is 1.06. The number of aliphatic carboxylic acids is 2. The predicted molar refractivity (Wildman–Crippen MR) is 71.4 cm³/mol. The van der Waals surface area contributed by atoms with Gasteiger partial charge in [0.05, 0.1) is 0 Å². The maximum atomic E-state index is 11.9. The summed E-state index contributed by atoms with van der Waals surface area (Å²) in [6, 6.07) is -1.47. The lowest BCUT2D eigenvalue weighted by Crippen LogP contribution is -2.49. The van der Waals surface area contributed by atoms with Crippen LogP contribution in [0, 0.1) is 0 Å². The van der Waals surface area contributed by atoms with Gasteiger partial charge in [0.1, 0.15) is 6.04 Å². The number of urea groups is 1. The Bertz CT molecular complexity index is 419. The van der Waals surface area contributed by atoms with Gasteiger partial charge in [0.15, 0.2) is 0 Å². The first-order valence-electron chi connectivity index (χ1n) is 6.56. The van der Waals surface area contributed by atoms with E-state index in [-0.39, 0.29) is 19.3 Å². The monoisotopic (exact) mass is 284 g/mol. The van der Waals surface area contributed by atoms with Gasteiger partial charge >= 0.3 is 18.0 Å². The van der Waals surface area contributed by atoms with Gasteiger partial charge in [-0.2, -0.15) is 0 Å². The average molecular weight is 284 g/mol. The minimum atomic E-state index is -1.15. The van der Waals surface area contributed by atoms with Gasteiger partial charge in [-0.25, -0.2) is 9.59 Å². The molecule has 1 atom stereocenters. The van der Waals surface area contributed by atoms with Crippen molar-refractivity contribution >= 4 is 18.0 Å². The number of nitrogens with one attached hydrogen (secondary N) is 1. The van der Waals surface area contributed by atoms with E-state index < -0.39 is 24.0 Å². The Morgan fingerprint density at radius 3 is 2.60 bits per heavy atom. The lowest BCUT2D eigenvalue weighted by molar-refractivity contribution is -0.140. The minimum Gasteiger partial charge on any atom is -0.481 e. The third kappa shape index (κ3) is 5.29. The van der Waals surface area contributed by atoms with Crippen LogP contribution in [0.4, 0.5) is 4.79 Å². The zero-order valence-electron chi connectivity index (χ0n) is 11.5. The number of hydrogen-bond acceptors (Lipinski definition) is 3. The SMILES string of the molecule is CC1=CCN(C(=O)N[C@H](CCCC(=O)O)C(=O)O)CC1. The number of carbonyl (C=O) groups is 3. The molecular weight excluding hydrogens is 264 g/mol. The molecule has 0 aromatic carbocycles. The van der Waals surface area contributed by atoms with E-state index in [1.165, 1.54) is 5.57 Å². The van der Waals surface area contributed by atoms with Crippen molar-refractivity contribution in [2.45, 2.75) is 38.6 Å². The largest absolute Gasteiger partial charge is 0.481 e. The molecule has 2 amide bonds. The summed E-state index contributed by atoms with van der Waals surface area (Å²) in [7, 11) is 0. The molecule has 0 unspecified atom stereocenters. The zero-order chi connectivity index (χ0) is 15.1. The van der Waals surface area contributed by atoms with Crippen LogP contribution >= 0.6 is 0 Å². The Morgan fingerprint density at radius 2 is 2.10 bits per heavy atom. The van der Waals surface area contributed by atoms with Crippen LogP contribution in [-0.2, 0) is 9.59 Å². The number of carboxylic acid groups (broad SMARTS) is 2. The molecule has 20 heavy (non-hydrogen) atoms. The first-order chi connectivity index (χ1) is 9.40. The average Bonchev–Trinajstić information content (AvgIpc) is 2.37. The molecule has 0 aromatic rings. The van der Waals surface area contributed by atoms with E-state index in [1.54, 1.807) is 4.90 Å². The van der Waals surface area contributed by atoms with Gasteiger partial charge in [0, 0.05) is 19.5 Å². The molecule has 1 aliphatic rings. The summed E-state index contributed by atoms with van der Waals surface area (Å²) in [6.07, 6.45) is 2.93. The number of carbonyl (C=O) groups excluding carboxylic acids is 1. The van der Waals surface area contributed by atoms with Crippen LogP contribution in [0.1, 0.15) is 32.6 Å². The standard InChI is InChI=1S/C13H20N2O5/c1-9-5-7-15(8-6-9)13(20)14-10(12(18)19)3-2-4-11(16)17/h5,10H,2-4,6-8H2,1H3,(H,14,20)(H,16,17)(H,18,19)/t10-/m1/s1. The zero-order valence-corrected chi connectivity index (χ0v) is 11.5. The highest BCUT2D eigenvalue weighted by Gasteiger charge is 2.23. The van der Waals surface area contributed by atoms with Crippen LogP contribution < -0.4 is 5.32 Å². The van der Waals surface area contributed by atoms with Gasteiger partial charge in [-0.15, -0.1) is 0 Å². The Hall–Kier alpha value is -2.05. The molecule has 112 valence electrons. The first-order valence-corrected chi connectivity index (χ1v) is 6.56. The smallest absolute Gasteiger partial charge is 0.326 e. The molecule has 7 heteroatoms. The second-order valence-electron chi connectivity index (χ2n) is 4.87. The Labute approximate surface area is 117 Å². The topological polar surface area (TPSA) is 107 Å². The van der Waals surface area contributed by atoms with Crippen molar-refractivity contribution in [3.63, 3.8) is 0 Å². The van der Waals surface area contributed by atoms with Crippen molar-refractivity contribution in [3.05, 3.63) is 11.6 Å². The summed E-state index contributed by atoms with van der Waals surface area (Å²) in [5, 5.41) is 20.0. The molecule has 1 heterocycles. The highest BCUT2D eigenvalue weighted by molar-refractivity contribution is 5.82. The summed E-state index contributed by atoms with van der Waals surface area (Å²) >= 11 is 0. The Kier molecular flexibility index (Phi) is 6.02. The van der Waals surface area contributed by atoms with Crippen LogP contribution in [0.2, 0.25) is 0 Å². The fraction of sp³-hybridized carbons (Fsp3) is 0.615. The molecule has 0 spiro atoms. The number of rotatable bonds is 6. The summed E-state index contributed by atoms with van der Waals surface area (Å²) in [4.78, 5) is 34.9. The third-order valence-corrected chi connectivity index (χ3v) is 3.20. The van der Waals surface area contributed by atoms with Gasteiger partial charge in [0.2, 0.25) is 0 Å². The molecule has 1 rings (SSSR count). The second kappa shape index (κ2) is 7.52. The van der Waals surface area contributed by atoms with Gasteiger partial charge in [-0.3, -0.25) is 4.79 Å². The maximum absolute atomic E-state index is 11.9. The molecule has 0 aliphatic carbocycles. The number of amides is 2. The van der Waals surface area contributed by atoms with E-state index in [2.05, 4.69) is 5.32 Å². The van der Waals surface area contributed by atoms with Gasteiger partial charge < -0.3 is 20.4 Å². The van der Waals surface area contributed by atoms with E-state index in [9.17, 15) is 14.4 Å². The normalized spacial score (nSPS) is 16.2. The van der Waals surface area contributed by atoms with E-state index in [0.29, 0.717) is 13.1 Å². The maximum Gasteiger partial charge on any atom is 0.326 e. The molecule has 7 nitrogen and oxygen atoms in total. The van der Waals surface area contributed by atoms with E-state index >= 15 is 0 Å². The van der Waals surface area contributed by atoms with Gasteiger partial charge in [-0.1, -0.05) is 11.6 Å². The van der Waals surface area contributed by atoms with Crippen LogP contribution in [0.5, 0.6) is 0 Å². The number of nitrogens with zero attached hydrogens (tertiary/aromatic N) is 1. The van der Waals surface area contributed by atoms with Crippen molar-refractivity contribution in [2.24, 2.45) is 0 Å². The van der Waals surface area contributed by atoms with Crippen LogP contribution in [0.3, 0.4) is 0 Å². The minimum absolute atomic E-state index is 0.106. The lowest BCUT2D eigenvalue weighted by atomic mass is 10.1. The molecule has 1 aliphatic heterocycles. The Morgan fingerprint density at radius 1 is 1.40 bits per heavy atom. The lowest BCUT2D eigenvalue weighted by Gasteiger charge is -2.27. The van der Waals surface area contributed by atoms with Crippen molar-refractivity contribution in [1.29, 1.82) is 0 Å². The van der Waals surface area contributed by atoms with Crippen molar-refractivity contribution in [3.8, 4) is 0 Å². The molecule has 0 aromatic heterocycles. The quantitative estimate of drug-likeness (QED) is 0.632. The second-order valence-corrected chi connectivity index (χ2v) is 4.87. The highest BCUT2D eigenvalue weighted by Crippen LogP contribution is 2.10. The summed E-state index contributed by atoms with van der Waals surface area (Å²) in [5.41, 5.74) is 1.21. The van der Waals surface area contributed by atoms with Gasteiger partial charge in [-0.05, 0) is 26.2 Å². The molecular formula is C13H20N2O5. The molecule has 0 fully saturated rings. The first kappa shape index (κ1) is 16.0. The van der Waals surface area contributed by atoms with Crippen LogP contribution in [0.25, 0.3) is 0 Å². The molecule has 3 N–H and O–H groups in total. The molecule has 0 saturated carbocycles. The highest BCUT2D eigenvalue weighted by atomic mass is 16.4. The summed E-state index contributed by atoms with van der Waals surface area (Å²) < 4.78 is 0. The number of hydrogen-bond donors (Lipinski definition) is 3. The van der Waals surface area contributed by atoms with Crippen LogP contribution in [0.15, 0.2) is 11.6 Å². The summed E-state index contributed by atoms with van der Waals surface area (Å²) in [6.45, 7) is 3.02. The number of carboxylic acids is 2. The van der Waals surface area contributed by atoms with E-state index in [0.717, 1.165) is 6.42 Å². The summed E-state index contributed by atoms with van der Waals surface area (Å²) in [5.74, 6) is -2.12. The van der Waals surface area contributed by atoms with Crippen molar-refractivity contribution in [2.75, 3.05) is 13.1 Å². The van der Waals surface area contributed by atoms with E-state index in [4.69, 9.17) is 10.2 Å². The van der Waals surface area contributed by atoms with E-state index in [1.807, 2.05) is 13.0 Å². The fourth-order valence-corrected chi connectivity index (χ4v) is 1.91. The fourth-order valence-electron chi connectivity index (χ4n) is 1.91. The van der Waals surface area contributed by atoms with Crippen LogP contribution in [-0.4, -0.2) is 52.2 Å².